The van der Waals surface area contributed by atoms with Crippen molar-refractivity contribution in [2.24, 2.45) is 11.8 Å². The Labute approximate surface area is 85.8 Å². The highest BCUT2D eigenvalue weighted by Crippen LogP contribution is 2.31. The van der Waals surface area contributed by atoms with Gasteiger partial charge in [0.1, 0.15) is 6.29 Å². The van der Waals surface area contributed by atoms with Gasteiger partial charge in [-0.15, -0.1) is 0 Å². The van der Waals surface area contributed by atoms with Crippen LogP contribution in [0.15, 0.2) is 0 Å². The van der Waals surface area contributed by atoms with Crippen molar-refractivity contribution in [2.75, 3.05) is 11.5 Å². The van der Waals surface area contributed by atoms with Gasteiger partial charge in [-0.3, -0.25) is 0 Å². The van der Waals surface area contributed by atoms with Crippen LogP contribution in [-0.2, 0) is 14.6 Å². The molecule has 1 rings (SSSR count). The average molecular weight is 218 g/mol. The Morgan fingerprint density at radius 2 is 1.93 bits per heavy atom. The molecule has 0 aromatic carbocycles. The molecule has 0 radical (unpaired) electrons. The summed E-state index contributed by atoms with van der Waals surface area (Å²) in [5.41, 5.74) is 0. The zero-order valence-corrected chi connectivity index (χ0v) is 9.42. The van der Waals surface area contributed by atoms with E-state index in [4.69, 9.17) is 0 Å². The van der Waals surface area contributed by atoms with Gasteiger partial charge < -0.3 is 4.79 Å². The van der Waals surface area contributed by atoms with Crippen LogP contribution >= 0.6 is 0 Å². The molecule has 0 aromatic heterocycles. The fourth-order valence-corrected chi connectivity index (χ4v) is 3.26. The molecular weight excluding hydrogens is 200 g/mol. The standard InChI is InChI=1S/C10H18O3S/c1-2-14(12,13)8-10(7-11)9-5-3-4-6-9/h7,9-10H,2-6,8H2,1H3. The molecule has 0 amide bonds. The van der Waals surface area contributed by atoms with Gasteiger partial charge in [0.25, 0.3) is 0 Å². The Hall–Kier alpha value is -0.380. The molecule has 0 saturated heterocycles. The van der Waals surface area contributed by atoms with Gasteiger partial charge in [0.2, 0.25) is 0 Å². The van der Waals surface area contributed by atoms with Crippen LogP contribution in [0.1, 0.15) is 32.6 Å². The van der Waals surface area contributed by atoms with Crippen molar-refractivity contribution >= 4 is 16.1 Å². The molecule has 1 fully saturated rings. The minimum atomic E-state index is -3.00. The van der Waals surface area contributed by atoms with E-state index in [1.165, 1.54) is 0 Å². The van der Waals surface area contributed by atoms with Crippen LogP contribution in [0, 0.1) is 11.8 Å². The van der Waals surface area contributed by atoms with Crippen LogP contribution in [0.3, 0.4) is 0 Å². The van der Waals surface area contributed by atoms with Crippen molar-refractivity contribution in [3.63, 3.8) is 0 Å². The highest BCUT2D eigenvalue weighted by Gasteiger charge is 2.28. The number of carbonyl (C=O) groups excluding carboxylic acids is 1. The molecule has 0 heterocycles. The number of aldehydes is 1. The zero-order valence-electron chi connectivity index (χ0n) is 8.61. The Bertz CT molecular complexity index is 276. The normalized spacial score (nSPS) is 20.9. The summed E-state index contributed by atoms with van der Waals surface area (Å²) in [7, 11) is -3.00. The minimum absolute atomic E-state index is 0.0532. The summed E-state index contributed by atoms with van der Waals surface area (Å²) in [6, 6.07) is 0. The third kappa shape index (κ3) is 3.08. The number of carbonyl (C=O) groups is 1. The number of hydrogen-bond donors (Lipinski definition) is 0. The summed E-state index contributed by atoms with van der Waals surface area (Å²) in [5.74, 6) is 0.248. The van der Waals surface area contributed by atoms with Crippen LogP contribution in [0.25, 0.3) is 0 Å². The summed E-state index contributed by atoms with van der Waals surface area (Å²) in [5, 5.41) is 0. The molecule has 14 heavy (non-hydrogen) atoms. The Balaban J connectivity index is 2.58. The van der Waals surface area contributed by atoms with Gasteiger partial charge in [-0.25, -0.2) is 8.42 Å². The Kier molecular flexibility index (Phi) is 4.11. The first-order valence-corrected chi connectivity index (χ1v) is 7.07. The van der Waals surface area contributed by atoms with E-state index >= 15 is 0 Å². The fraction of sp³-hybridized carbons (Fsp3) is 0.900. The lowest BCUT2D eigenvalue weighted by molar-refractivity contribution is -0.111. The van der Waals surface area contributed by atoms with Gasteiger partial charge in [0.15, 0.2) is 9.84 Å². The van der Waals surface area contributed by atoms with Crippen LogP contribution in [0.5, 0.6) is 0 Å². The molecular formula is C10H18O3S. The number of hydrogen-bond acceptors (Lipinski definition) is 3. The summed E-state index contributed by atoms with van der Waals surface area (Å²) in [6.07, 6.45) is 5.15. The largest absolute Gasteiger partial charge is 0.303 e. The van der Waals surface area contributed by atoms with Gasteiger partial charge in [0.05, 0.1) is 5.75 Å². The highest BCUT2D eigenvalue weighted by molar-refractivity contribution is 7.91. The third-order valence-electron chi connectivity index (χ3n) is 3.07. The van der Waals surface area contributed by atoms with Gasteiger partial charge in [-0.05, 0) is 18.8 Å². The van der Waals surface area contributed by atoms with Gasteiger partial charge in [-0.2, -0.15) is 0 Å². The Morgan fingerprint density at radius 1 is 1.36 bits per heavy atom. The van der Waals surface area contributed by atoms with Gasteiger partial charge >= 0.3 is 0 Å². The van der Waals surface area contributed by atoms with E-state index in [1.807, 2.05) is 0 Å². The quantitative estimate of drug-likeness (QED) is 0.656. The molecule has 0 aromatic rings. The van der Waals surface area contributed by atoms with Crippen molar-refractivity contribution in [1.82, 2.24) is 0 Å². The Morgan fingerprint density at radius 3 is 2.36 bits per heavy atom. The predicted octanol–water partition coefficient (Wildman–Crippen LogP) is 1.43. The SMILES string of the molecule is CCS(=O)(=O)CC(C=O)C1CCCC1. The lowest BCUT2D eigenvalue weighted by atomic mass is 9.94. The van der Waals surface area contributed by atoms with E-state index < -0.39 is 9.84 Å². The van der Waals surface area contributed by atoms with Gasteiger partial charge in [-0.1, -0.05) is 19.8 Å². The topological polar surface area (TPSA) is 51.2 Å². The zero-order chi connectivity index (χ0) is 10.6. The molecule has 1 aliphatic carbocycles. The van der Waals surface area contributed by atoms with Crippen LogP contribution in [0.4, 0.5) is 0 Å². The predicted molar refractivity (Wildman–Crippen MR) is 55.8 cm³/mol. The smallest absolute Gasteiger partial charge is 0.150 e. The van der Waals surface area contributed by atoms with E-state index in [-0.39, 0.29) is 17.4 Å². The minimum Gasteiger partial charge on any atom is -0.303 e. The lowest BCUT2D eigenvalue weighted by Crippen LogP contribution is -2.24. The van der Waals surface area contributed by atoms with Gasteiger partial charge in [0, 0.05) is 11.7 Å². The van der Waals surface area contributed by atoms with Crippen LogP contribution in [0.2, 0.25) is 0 Å². The maximum Gasteiger partial charge on any atom is 0.150 e. The second-order valence-corrected chi connectivity index (χ2v) is 6.44. The van der Waals surface area contributed by atoms with E-state index in [9.17, 15) is 13.2 Å². The molecule has 0 aliphatic heterocycles. The number of sulfone groups is 1. The first kappa shape index (κ1) is 11.7. The summed E-state index contributed by atoms with van der Waals surface area (Å²) >= 11 is 0. The second kappa shape index (κ2) is 4.91. The molecule has 4 heteroatoms. The van der Waals surface area contributed by atoms with E-state index in [0.717, 1.165) is 32.0 Å². The second-order valence-electron chi connectivity index (χ2n) is 4.04. The van der Waals surface area contributed by atoms with Crippen molar-refractivity contribution in [3.05, 3.63) is 0 Å². The van der Waals surface area contributed by atoms with Crippen LogP contribution in [-0.4, -0.2) is 26.2 Å². The van der Waals surface area contributed by atoms with Crippen LogP contribution < -0.4 is 0 Å². The maximum absolute atomic E-state index is 11.4. The summed E-state index contributed by atoms with van der Waals surface area (Å²) in [6.45, 7) is 1.63. The molecule has 0 N–H and O–H groups in total. The van der Waals surface area contributed by atoms with Crippen molar-refractivity contribution in [3.8, 4) is 0 Å². The first-order chi connectivity index (χ1) is 6.59. The molecule has 3 nitrogen and oxygen atoms in total. The van der Waals surface area contributed by atoms with Crippen molar-refractivity contribution in [2.45, 2.75) is 32.6 Å². The van der Waals surface area contributed by atoms with Crippen molar-refractivity contribution in [1.29, 1.82) is 0 Å². The molecule has 1 aliphatic rings. The summed E-state index contributed by atoms with van der Waals surface area (Å²) < 4.78 is 22.7. The van der Waals surface area contributed by atoms with E-state index in [1.54, 1.807) is 6.92 Å². The molecule has 0 bridgehead atoms. The molecule has 1 unspecified atom stereocenters. The molecule has 1 saturated carbocycles. The van der Waals surface area contributed by atoms with E-state index in [2.05, 4.69) is 0 Å². The lowest BCUT2D eigenvalue weighted by Gasteiger charge is -2.16. The van der Waals surface area contributed by atoms with E-state index in [0.29, 0.717) is 5.92 Å². The monoisotopic (exact) mass is 218 g/mol. The summed E-state index contributed by atoms with van der Waals surface area (Å²) in [4.78, 5) is 10.8. The third-order valence-corrected chi connectivity index (χ3v) is 4.84. The average Bonchev–Trinajstić information content (AvgIpc) is 2.67. The molecule has 82 valence electrons. The highest BCUT2D eigenvalue weighted by atomic mass is 32.2. The maximum atomic E-state index is 11.4. The fourth-order valence-electron chi connectivity index (χ4n) is 2.08. The first-order valence-electron chi connectivity index (χ1n) is 5.24. The molecule has 0 spiro atoms. The number of rotatable bonds is 5. The molecule has 1 atom stereocenters. The van der Waals surface area contributed by atoms with Crippen molar-refractivity contribution < 1.29 is 13.2 Å².